The first-order chi connectivity index (χ1) is 7.65. The summed E-state index contributed by atoms with van der Waals surface area (Å²) in [6, 6.07) is 10.0. The zero-order valence-corrected chi connectivity index (χ0v) is 10.3. The van der Waals surface area contributed by atoms with Gasteiger partial charge in [-0.3, -0.25) is 4.79 Å². The molecule has 0 bridgehead atoms. The van der Waals surface area contributed by atoms with Crippen LogP contribution in [-0.2, 0) is 16.1 Å². The number of hydrogen-bond acceptors (Lipinski definition) is 2. The van der Waals surface area contributed by atoms with E-state index in [1.807, 2.05) is 37.3 Å². The van der Waals surface area contributed by atoms with E-state index in [0.29, 0.717) is 6.61 Å². The molecule has 0 aliphatic rings. The Bertz CT molecular complexity index is 319. The van der Waals surface area contributed by atoms with E-state index in [9.17, 15) is 4.79 Å². The van der Waals surface area contributed by atoms with Crippen LogP contribution < -0.4 is 0 Å². The Morgan fingerprint density at radius 1 is 1.31 bits per heavy atom. The van der Waals surface area contributed by atoms with Gasteiger partial charge in [0.25, 0.3) is 0 Å². The molecule has 0 saturated carbocycles. The Labute approximate surface area is 97.6 Å². The monoisotopic (exact) mass is 220 g/mol. The average Bonchev–Trinajstić information content (AvgIpc) is 2.30. The molecule has 1 aromatic carbocycles. The average molecular weight is 220 g/mol. The zero-order chi connectivity index (χ0) is 12.0. The van der Waals surface area contributed by atoms with Crippen molar-refractivity contribution in [3.05, 3.63) is 35.9 Å². The molecule has 0 fully saturated rings. The SMILES string of the molecule is CCC(OCc1ccccc1)C(C)C(C)=O. The lowest BCUT2D eigenvalue weighted by Gasteiger charge is -2.21. The fourth-order valence-corrected chi connectivity index (χ4v) is 1.66. The molecule has 0 radical (unpaired) electrons. The van der Waals surface area contributed by atoms with Gasteiger partial charge in [0, 0.05) is 5.92 Å². The molecule has 0 heterocycles. The number of ether oxygens (including phenoxy) is 1. The molecule has 0 N–H and O–H groups in total. The Morgan fingerprint density at radius 3 is 2.44 bits per heavy atom. The molecule has 0 saturated heterocycles. The van der Waals surface area contributed by atoms with Gasteiger partial charge in [-0.1, -0.05) is 44.2 Å². The van der Waals surface area contributed by atoms with Crippen molar-refractivity contribution in [3.8, 4) is 0 Å². The van der Waals surface area contributed by atoms with Gasteiger partial charge in [0.1, 0.15) is 5.78 Å². The van der Waals surface area contributed by atoms with Crippen LogP contribution in [-0.4, -0.2) is 11.9 Å². The van der Waals surface area contributed by atoms with Gasteiger partial charge in [-0.25, -0.2) is 0 Å². The van der Waals surface area contributed by atoms with Crippen LogP contribution in [0.1, 0.15) is 32.8 Å². The second-order valence-electron chi connectivity index (χ2n) is 4.14. The van der Waals surface area contributed by atoms with E-state index in [1.54, 1.807) is 6.92 Å². The topological polar surface area (TPSA) is 26.3 Å². The summed E-state index contributed by atoms with van der Waals surface area (Å²) < 4.78 is 5.78. The number of carbonyl (C=O) groups excluding carboxylic acids is 1. The molecule has 88 valence electrons. The molecule has 0 aliphatic carbocycles. The molecule has 2 atom stereocenters. The van der Waals surface area contributed by atoms with Crippen molar-refractivity contribution in [3.63, 3.8) is 0 Å². The first-order valence-corrected chi connectivity index (χ1v) is 5.81. The summed E-state index contributed by atoms with van der Waals surface area (Å²) in [5, 5.41) is 0. The molecule has 2 heteroatoms. The van der Waals surface area contributed by atoms with Crippen LogP contribution in [0.4, 0.5) is 0 Å². The molecule has 1 rings (SSSR count). The van der Waals surface area contributed by atoms with E-state index in [-0.39, 0.29) is 17.8 Å². The van der Waals surface area contributed by atoms with E-state index in [2.05, 4.69) is 6.92 Å². The quantitative estimate of drug-likeness (QED) is 0.736. The second-order valence-corrected chi connectivity index (χ2v) is 4.14. The van der Waals surface area contributed by atoms with Crippen LogP contribution in [0.5, 0.6) is 0 Å². The van der Waals surface area contributed by atoms with Crippen molar-refractivity contribution in [1.29, 1.82) is 0 Å². The fraction of sp³-hybridized carbons (Fsp3) is 0.500. The number of rotatable bonds is 6. The van der Waals surface area contributed by atoms with E-state index in [0.717, 1.165) is 12.0 Å². The minimum atomic E-state index is -0.0197. The lowest BCUT2D eigenvalue weighted by atomic mass is 9.98. The maximum absolute atomic E-state index is 11.3. The summed E-state index contributed by atoms with van der Waals surface area (Å²) >= 11 is 0. The van der Waals surface area contributed by atoms with Gasteiger partial charge < -0.3 is 4.74 Å². The van der Waals surface area contributed by atoms with Crippen molar-refractivity contribution >= 4 is 5.78 Å². The molecule has 1 aromatic rings. The van der Waals surface area contributed by atoms with Gasteiger partial charge in [0.05, 0.1) is 12.7 Å². The molecule has 2 nitrogen and oxygen atoms in total. The highest BCUT2D eigenvalue weighted by Crippen LogP contribution is 2.14. The summed E-state index contributed by atoms with van der Waals surface area (Å²) in [4.78, 5) is 11.3. The zero-order valence-electron chi connectivity index (χ0n) is 10.3. The largest absolute Gasteiger partial charge is 0.373 e. The third-order valence-electron chi connectivity index (χ3n) is 2.91. The van der Waals surface area contributed by atoms with Crippen molar-refractivity contribution in [1.82, 2.24) is 0 Å². The predicted molar refractivity (Wildman–Crippen MR) is 65.2 cm³/mol. The van der Waals surface area contributed by atoms with Crippen LogP contribution in [0, 0.1) is 5.92 Å². The third kappa shape index (κ3) is 3.78. The normalized spacial score (nSPS) is 14.4. The van der Waals surface area contributed by atoms with Gasteiger partial charge in [-0.05, 0) is 18.9 Å². The first kappa shape index (κ1) is 12.9. The molecular formula is C14H20O2. The highest BCUT2D eigenvalue weighted by molar-refractivity contribution is 5.78. The van der Waals surface area contributed by atoms with Gasteiger partial charge in [-0.2, -0.15) is 0 Å². The molecule has 0 aliphatic heterocycles. The van der Waals surface area contributed by atoms with Crippen molar-refractivity contribution in [2.45, 2.75) is 39.9 Å². The maximum atomic E-state index is 11.3. The summed E-state index contributed by atoms with van der Waals surface area (Å²) in [6.45, 7) is 6.19. The predicted octanol–water partition coefficient (Wildman–Crippen LogP) is 3.21. The Kier molecular flexibility index (Phi) is 5.20. The minimum absolute atomic E-state index is 0.0197. The van der Waals surface area contributed by atoms with Crippen molar-refractivity contribution in [2.75, 3.05) is 0 Å². The van der Waals surface area contributed by atoms with Crippen LogP contribution in [0.25, 0.3) is 0 Å². The van der Waals surface area contributed by atoms with Gasteiger partial charge in [0.2, 0.25) is 0 Å². The standard InChI is InChI=1S/C14H20O2/c1-4-14(11(2)12(3)15)16-10-13-8-6-5-7-9-13/h5-9,11,14H,4,10H2,1-3H3. The summed E-state index contributed by atoms with van der Waals surface area (Å²) in [6.07, 6.45) is 0.894. The van der Waals surface area contributed by atoms with Crippen LogP contribution in [0.2, 0.25) is 0 Å². The Balaban J connectivity index is 2.49. The lowest BCUT2D eigenvalue weighted by molar-refractivity contribution is -0.125. The molecular weight excluding hydrogens is 200 g/mol. The van der Waals surface area contributed by atoms with Crippen molar-refractivity contribution < 1.29 is 9.53 Å². The number of ketones is 1. The summed E-state index contributed by atoms with van der Waals surface area (Å²) in [5.74, 6) is 0.175. The van der Waals surface area contributed by atoms with Crippen molar-refractivity contribution in [2.24, 2.45) is 5.92 Å². The highest BCUT2D eigenvalue weighted by Gasteiger charge is 2.19. The number of carbonyl (C=O) groups is 1. The molecule has 0 aromatic heterocycles. The second kappa shape index (κ2) is 6.44. The molecule has 16 heavy (non-hydrogen) atoms. The summed E-state index contributed by atoms with van der Waals surface area (Å²) in [5.41, 5.74) is 1.15. The Morgan fingerprint density at radius 2 is 1.94 bits per heavy atom. The van der Waals surface area contributed by atoms with E-state index in [1.165, 1.54) is 0 Å². The smallest absolute Gasteiger partial charge is 0.135 e. The maximum Gasteiger partial charge on any atom is 0.135 e. The molecule has 0 amide bonds. The van der Waals surface area contributed by atoms with Gasteiger partial charge >= 0.3 is 0 Å². The lowest BCUT2D eigenvalue weighted by Crippen LogP contribution is -2.26. The minimum Gasteiger partial charge on any atom is -0.373 e. The van der Waals surface area contributed by atoms with Crippen LogP contribution in [0.3, 0.4) is 0 Å². The first-order valence-electron chi connectivity index (χ1n) is 5.81. The number of benzene rings is 1. The number of Topliss-reactive ketones (excluding diaryl/α,β-unsaturated/α-hetero) is 1. The molecule has 0 spiro atoms. The van der Waals surface area contributed by atoms with E-state index < -0.39 is 0 Å². The third-order valence-corrected chi connectivity index (χ3v) is 2.91. The van der Waals surface area contributed by atoms with Crippen LogP contribution in [0.15, 0.2) is 30.3 Å². The van der Waals surface area contributed by atoms with Gasteiger partial charge in [-0.15, -0.1) is 0 Å². The summed E-state index contributed by atoms with van der Waals surface area (Å²) in [7, 11) is 0. The fourth-order valence-electron chi connectivity index (χ4n) is 1.66. The highest BCUT2D eigenvalue weighted by atomic mass is 16.5. The Hall–Kier alpha value is -1.15. The van der Waals surface area contributed by atoms with Crippen LogP contribution >= 0.6 is 0 Å². The number of hydrogen-bond donors (Lipinski definition) is 0. The van der Waals surface area contributed by atoms with E-state index in [4.69, 9.17) is 4.74 Å². The molecule has 2 unspecified atom stereocenters. The van der Waals surface area contributed by atoms with E-state index >= 15 is 0 Å². The van der Waals surface area contributed by atoms with Gasteiger partial charge in [0.15, 0.2) is 0 Å².